The van der Waals surface area contributed by atoms with Crippen LogP contribution in [0.3, 0.4) is 0 Å². The summed E-state index contributed by atoms with van der Waals surface area (Å²) in [6.07, 6.45) is 3.95. The molecule has 1 aromatic rings. The molecule has 0 spiro atoms. The first kappa shape index (κ1) is 24.1. The minimum Gasteiger partial charge on any atom is -0.467 e. The Hall–Kier alpha value is -2.18. The van der Waals surface area contributed by atoms with E-state index >= 15 is 0 Å². The zero-order valence-electron chi connectivity index (χ0n) is 19.3. The number of β-lactam (4-membered cyclic amide) rings is 1. The van der Waals surface area contributed by atoms with E-state index in [1.165, 1.54) is 7.11 Å². The molecule has 1 aromatic carbocycles. The molecule has 0 radical (unpaired) electrons. The van der Waals surface area contributed by atoms with E-state index in [4.69, 9.17) is 9.16 Å². The van der Waals surface area contributed by atoms with Crippen LogP contribution in [0.25, 0.3) is 6.08 Å². The third kappa shape index (κ3) is 5.10. The Balaban J connectivity index is 2.30. The molecule has 0 N–H and O–H groups in total. The Morgan fingerprint density at radius 1 is 1.27 bits per heavy atom. The van der Waals surface area contributed by atoms with Gasteiger partial charge in [0.2, 0.25) is 5.91 Å². The van der Waals surface area contributed by atoms with E-state index in [0.29, 0.717) is 0 Å². The minimum atomic E-state index is -2.10. The lowest BCUT2D eigenvalue weighted by Gasteiger charge is -2.50. The number of esters is 1. The quantitative estimate of drug-likeness (QED) is 0.261. The monoisotopic (exact) mass is 429 g/mol. The summed E-state index contributed by atoms with van der Waals surface area (Å²) in [5.41, 5.74) is 1.82. The molecule has 1 unspecified atom stereocenters. The molecule has 30 heavy (non-hydrogen) atoms. The Morgan fingerprint density at radius 2 is 1.87 bits per heavy atom. The summed E-state index contributed by atoms with van der Waals surface area (Å²) in [5, 5.41) is -0.000517. The standard InChI is InChI=1S/C24H35NO4Si/c1-17(2)21-19(15-14-18-12-10-9-11-13-18)25(22(21)26)20(23(27)28-6)16-29-30(7,8)24(3,4)5/h9-15,19-21H,1,16H2,2-8H3/b15-14+/t19-,20?,21+/m1/s1. The van der Waals surface area contributed by atoms with Gasteiger partial charge < -0.3 is 14.1 Å². The van der Waals surface area contributed by atoms with E-state index in [2.05, 4.69) is 40.4 Å². The van der Waals surface area contributed by atoms with Gasteiger partial charge in [0.25, 0.3) is 0 Å². The first-order valence-electron chi connectivity index (χ1n) is 10.3. The van der Waals surface area contributed by atoms with Crippen LogP contribution in [-0.4, -0.2) is 50.9 Å². The second-order valence-electron chi connectivity index (χ2n) is 9.44. The first-order valence-corrected chi connectivity index (χ1v) is 13.2. The van der Waals surface area contributed by atoms with Gasteiger partial charge in [-0.15, -0.1) is 0 Å². The van der Waals surface area contributed by atoms with Crippen molar-refractivity contribution in [2.24, 2.45) is 5.92 Å². The molecule has 3 atom stereocenters. The Kier molecular flexibility index (Phi) is 7.48. The smallest absolute Gasteiger partial charge is 0.330 e. The predicted octanol–water partition coefficient (Wildman–Crippen LogP) is 4.67. The highest BCUT2D eigenvalue weighted by Crippen LogP contribution is 2.39. The van der Waals surface area contributed by atoms with Crippen LogP contribution in [0.4, 0.5) is 0 Å². The third-order valence-electron chi connectivity index (χ3n) is 6.22. The van der Waals surface area contributed by atoms with Gasteiger partial charge in [0.1, 0.15) is 0 Å². The van der Waals surface area contributed by atoms with Crippen molar-refractivity contribution in [1.82, 2.24) is 4.90 Å². The van der Waals surface area contributed by atoms with Crippen LogP contribution in [0.5, 0.6) is 0 Å². The van der Waals surface area contributed by atoms with E-state index in [0.717, 1.165) is 11.1 Å². The SMILES string of the molecule is C=C(C)[C@@H]1C(=O)N(C(CO[Si](C)(C)C(C)(C)C)C(=O)OC)[C@@H]1/C=C/c1ccccc1. The Labute approximate surface area is 181 Å². The van der Waals surface area contributed by atoms with Gasteiger partial charge in [0.05, 0.1) is 25.7 Å². The van der Waals surface area contributed by atoms with Gasteiger partial charge in [-0.3, -0.25) is 4.79 Å². The van der Waals surface area contributed by atoms with Crippen molar-refractivity contribution in [3.8, 4) is 0 Å². The minimum absolute atomic E-state index is 0.000517. The lowest BCUT2D eigenvalue weighted by Crippen LogP contribution is -2.67. The number of hydrogen-bond acceptors (Lipinski definition) is 4. The number of nitrogens with zero attached hydrogens (tertiary/aromatic N) is 1. The number of hydrogen-bond donors (Lipinski definition) is 0. The van der Waals surface area contributed by atoms with E-state index < -0.39 is 20.3 Å². The fourth-order valence-electron chi connectivity index (χ4n) is 3.28. The third-order valence-corrected chi connectivity index (χ3v) is 10.7. The zero-order valence-corrected chi connectivity index (χ0v) is 20.3. The van der Waals surface area contributed by atoms with E-state index in [1.807, 2.05) is 49.4 Å². The summed E-state index contributed by atoms with van der Waals surface area (Å²) in [4.78, 5) is 27.2. The maximum Gasteiger partial charge on any atom is 0.330 e. The lowest BCUT2D eigenvalue weighted by atomic mass is 9.80. The van der Waals surface area contributed by atoms with Crippen LogP contribution < -0.4 is 0 Å². The van der Waals surface area contributed by atoms with Gasteiger partial charge in [0, 0.05) is 0 Å². The largest absolute Gasteiger partial charge is 0.467 e. The van der Waals surface area contributed by atoms with Gasteiger partial charge in [-0.1, -0.05) is 75.4 Å². The zero-order chi connectivity index (χ0) is 22.7. The molecular weight excluding hydrogens is 394 g/mol. The summed E-state index contributed by atoms with van der Waals surface area (Å²) in [7, 11) is -0.752. The molecule has 1 saturated heterocycles. The van der Waals surface area contributed by atoms with Crippen molar-refractivity contribution < 1.29 is 18.8 Å². The summed E-state index contributed by atoms with van der Waals surface area (Å²) < 4.78 is 11.3. The number of benzene rings is 1. The van der Waals surface area contributed by atoms with Crippen LogP contribution in [0.1, 0.15) is 33.3 Å². The fourth-order valence-corrected chi connectivity index (χ4v) is 4.28. The number of ether oxygens (including phenoxy) is 1. The number of amides is 1. The summed E-state index contributed by atoms with van der Waals surface area (Å²) in [6.45, 7) is 16.7. The second-order valence-corrected chi connectivity index (χ2v) is 14.2. The highest BCUT2D eigenvalue weighted by Gasteiger charge is 2.52. The highest BCUT2D eigenvalue weighted by molar-refractivity contribution is 6.74. The number of likely N-dealkylation sites (tertiary alicyclic amines) is 1. The molecule has 1 heterocycles. The predicted molar refractivity (Wildman–Crippen MR) is 123 cm³/mol. The molecule has 0 bridgehead atoms. The Bertz CT molecular complexity index is 810. The molecule has 1 aliphatic rings. The molecule has 1 amide bonds. The average molecular weight is 430 g/mol. The van der Waals surface area contributed by atoms with Crippen LogP contribution in [0.2, 0.25) is 18.1 Å². The van der Waals surface area contributed by atoms with Crippen molar-refractivity contribution in [3.63, 3.8) is 0 Å². The van der Waals surface area contributed by atoms with Crippen molar-refractivity contribution in [2.75, 3.05) is 13.7 Å². The molecule has 0 saturated carbocycles. The second kappa shape index (κ2) is 9.31. The molecule has 6 heteroatoms. The maximum absolute atomic E-state index is 13.0. The van der Waals surface area contributed by atoms with Crippen molar-refractivity contribution in [2.45, 2.75) is 57.9 Å². The van der Waals surface area contributed by atoms with Crippen LogP contribution in [-0.2, 0) is 18.8 Å². The van der Waals surface area contributed by atoms with Gasteiger partial charge in [-0.05, 0) is 30.6 Å². The lowest BCUT2D eigenvalue weighted by molar-refractivity contribution is -0.168. The van der Waals surface area contributed by atoms with Gasteiger partial charge in [0.15, 0.2) is 14.4 Å². The average Bonchev–Trinajstić information content (AvgIpc) is 2.66. The van der Waals surface area contributed by atoms with Crippen molar-refractivity contribution >= 4 is 26.3 Å². The molecule has 1 fully saturated rings. The normalized spacial score (nSPS) is 20.8. The van der Waals surface area contributed by atoms with E-state index in [1.54, 1.807) is 4.90 Å². The molecule has 1 aliphatic heterocycles. The molecule has 0 aromatic heterocycles. The number of rotatable bonds is 8. The number of carbonyl (C=O) groups excluding carboxylic acids is 2. The topological polar surface area (TPSA) is 55.8 Å². The molecule has 0 aliphatic carbocycles. The van der Waals surface area contributed by atoms with Crippen molar-refractivity contribution in [1.29, 1.82) is 0 Å². The number of carbonyl (C=O) groups is 2. The fraction of sp³-hybridized carbons (Fsp3) is 0.500. The molecular formula is C24H35NO4Si. The maximum atomic E-state index is 13.0. The van der Waals surface area contributed by atoms with Gasteiger partial charge >= 0.3 is 5.97 Å². The van der Waals surface area contributed by atoms with Gasteiger partial charge in [-0.2, -0.15) is 0 Å². The first-order chi connectivity index (χ1) is 13.9. The van der Waals surface area contributed by atoms with Crippen LogP contribution in [0, 0.1) is 5.92 Å². The summed E-state index contributed by atoms with van der Waals surface area (Å²) >= 11 is 0. The molecule has 5 nitrogen and oxygen atoms in total. The van der Waals surface area contributed by atoms with Crippen LogP contribution >= 0.6 is 0 Å². The highest BCUT2D eigenvalue weighted by atomic mass is 28.4. The number of methoxy groups -OCH3 is 1. The van der Waals surface area contributed by atoms with Crippen molar-refractivity contribution in [3.05, 3.63) is 54.1 Å². The van der Waals surface area contributed by atoms with E-state index in [-0.39, 0.29) is 29.5 Å². The van der Waals surface area contributed by atoms with Gasteiger partial charge in [-0.25, -0.2) is 4.79 Å². The van der Waals surface area contributed by atoms with Crippen LogP contribution in [0.15, 0.2) is 48.6 Å². The summed E-state index contributed by atoms with van der Waals surface area (Å²) in [5.74, 6) is -0.912. The summed E-state index contributed by atoms with van der Waals surface area (Å²) in [6, 6.07) is 8.83. The van der Waals surface area contributed by atoms with E-state index in [9.17, 15) is 9.59 Å². The molecule has 2 rings (SSSR count). The molecule has 164 valence electrons. The Morgan fingerprint density at radius 3 is 2.37 bits per heavy atom.